The van der Waals surface area contributed by atoms with Gasteiger partial charge in [-0.1, -0.05) is 30.0 Å². The zero-order chi connectivity index (χ0) is 14.7. The number of carbonyl (C=O) groups is 1. The second-order valence-electron chi connectivity index (χ2n) is 4.72. The molecule has 0 fully saturated rings. The fraction of sp³-hybridized carbons (Fsp3) is 0.188. The third-order valence-corrected chi connectivity index (χ3v) is 4.30. The van der Waals surface area contributed by atoms with Crippen molar-refractivity contribution in [2.45, 2.75) is 22.6 Å². The Kier molecular flexibility index (Phi) is 4.13. The molecule has 1 aliphatic heterocycles. The van der Waals surface area contributed by atoms with E-state index in [1.54, 1.807) is 17.8 Å². The van der Waals surface area contributed by atoms with Gasteiger partial charge in [-0.2, -0.15) is 0 Å². The van der Waals surface area contributed by atoms with E-state index in [-0.39, 0.29) is 5.97 Å². The predicted molar refractivity (Wildman–Crippen MR) is 84.2 cm³/mol. The normalized spacial score (nSPS) is 12.0. The molecule has 3 rings (SSSR count). The summed E-state index contributed by atoms with van der Waals surface area (Å²) in [4.78, 5) is 14.0. The molecule has 2 aromatic carbocycles. The Bertz CT molecular complexity index is 673. The van der Waals surface area contributed by atoms with Crippen LogP contribution in [0.15, 0.2) is 52.3 Å². The summed E-state index contributed by atoms with van der Waals surface area (Å²) in [6.07, 6.45) is 0.975. The van der Waals surface area contributed by atoms with Crippen LogP contribution in [0.2, 0.25) is 0 Å². The quantitative estimate of drug-likeness (QED) is 0.570. The summed E-state index contributed by atoms with van der Waals surface area (Å²) in [6, 6.07) is 13.8. The average molecular weight is 300 g/mol. The standard InChI is InChI=1S/C16H16N2O2S/c17-10-4-9-15(19)20-12-6-3-8-14-16(12)18-11-5-1-2-7-13(11)21-14/h1-3,5-8,18H,4,9-10,17H2. The fourth-order valence-corrected chi connectivity index (χ4v) is 3.15. The van der Waals surface area contributed by atoms with Gasteiger partial charge in [0.05, 0.1) is 11.4 Å². The first-order valence-corrected chi connectivity index (χ1v) is 7.67. The van der Waals surface area contributed by atoms with Gasteiger partial charge in [0.2, 0.25) is 0 Å². The van der Waals surface area contributed by atoms with Crippen LogP contribution < -0.4 is 15.8 Å². The van der Waals surface area contributed by atoms with Gasteiger partial charge in [0.15, 0.2) is 5.75 Å². The van der Waals surface area contributed by atoms with Crippen LogP contribution in [0, 0.1) is 0 Å². The molecular weight excluding hydrogens is 284 g/mol. The van der Waals surface area contributed by atoms with E-state index in [0.717, 1.165) is 21.2 Å². The maximum absolute atomic E-state index is 11.8. The zero-order valence-corrected chi connectivity index (χ0v) is 12.3. The summed E-state index contributed by atoms with van der Waals surface area (Å²) in [7, 11) is 0. The minimum absolute atomic E-state index is 0.250. The van der Waals surface area contributed by atoms with Crippen molar-refractivity contribution in [2.24, 2.45) is 5.73 Å². The van der Waals surface area contributed by atoms with E-state index >= 15 is 0 Å². The Morgan fingerprint density at radius 2 is 1.95 bits per heavy atom. The summed E-state index contributed by atoms with van der Waals surface area (Å²) >= 11 is 1.67. The van der Waals surface area contributed by atoms with Crippen LogP contribution in [0.4, 0.5) is 11.4 Å². The zero-order valence-electron chi connectivity index (χ0n) is 11.5. The number of para-hydroxylation sites is 2. The van der Waals surface area contributed by atoms with Crippen LogP contribution >= 0.6 is 11.8 Å². The molecule has 0 aromatic heterocycles. The van der Waals surface area contributed by atoms with Gasteiger partial charge in [0.25, 0.3) is 0 Å². The second-order valence-corrected chi connectivity index (χ2v) is 5.80. The van der Waals surface area contributed by atoms with Gasteiger partial charge in [-0.3, -0.25) is 4.79 Å². The van der Waals surface area contributed by atoms with E-state index in [0.29, 0.717) is 25.1 Å². The van der Waals surface area contributed by atoms with E-state index in [4.69, 9.17) is 10.5 Å². The predicted octanol–water partition coefficient (Wildman–Crippen LogP) is 3.54. The van der Waals surface area contributed by atoms with Crippen molar-refractivity contribution in [3.8, 4) is 5.75 Å². The molecule has 0 spiro atoms. The van der Waals surface area contributed by atoms with Crippen molar-refractivity contribution < 1.29 is 9.53 Å². The number of nitrogens with one attached hydrogen (secondary N) is 1. The Balaban J connectivity index is 1.84. The smallest absolute Gasteiger partial charge is 0.311 e. The number of fused-ring (bicyclic) bond motifs is 2. The Labute approximate surface area is 127 Å². The van der Waals surface area contributed by atoms with E-state index in [2.05, 4.69) is 11.4 Å². The molecule has 0 amide bonds. The molecule has 0 atom stereocenters. The van der Waals surface area contributed by atoms with Crippen LogP contribution in [0.25, 0.3) is 0 Å². The summed E-state index contributed by atoms with van der Waals surface area (Å²) in [6.45, 7) is 0.490. The van der Waals surface area contributed by atoms with Crippen LogP contribution in [0.3, 0.4) is 0 Å². The monoisotopic (exact) mass is 300 g/mol. The van der Waals surface area contributed by atoms with Crippen molar-refractivity contribution in [1.29, 1.82) is 0 Å². The molecule has 3 N–H and O–H groups in total. The summed E-state index contributed by atoms with van der Waals surface area (Å²) in [5.74, 6) is 0.316. The highest BCUT2D eigenvalue weighted by Crippen LogP contribution is 2.47. The molecule has 5 heteroatoms. The Morgan fingerprint density at radius 3 is 2.81 bits per heavy atom. The lowest BCUT2D eigenvalue weighted by atomic mass is 10.2. The molecule has 0 bridgehead atoms. The number of anilines is 2. The number of benzene rings is 2. The van der Waals surface area contributed by atoms with Gasteiger partial charge in [-0.15, -0.1) is 0 Å². The lowest BCUT2D eigenvalue weighted by Crippen LogP contribution is -2.12. The lowest BCUT2D eigenvalue weighted by molar-refractivity contribution is -0.134. The molecule has 2 aromatic rings. The van der Waals surface area contributed by atoms with E-state index < -0.39 is 0 Å². The van der Waals surface area contributed by atoms with E-state index in [9.17, 15) is 4.79 Å². The van der Waals surface area contributed by atoms with E-state index in [1.165, 1.54) is 0 Å². The van der Waals surface area contributed by atoms with Gasteiger partial charge in [-0.05, 0) is 37.2 Å². The highest BCUT2D eigenvalue weighted by molar-refractivity contribution is 7.99. The molecule has 0 unspecified atom stereocenters. The summed E-state index contributed by atoms with van der Waals surface area (Å²) < 4.78 is 5.46. The largest absolute Gasteiger partial charge is 0.424 e. The van der Waals surface area contributed by atoms with Gasteiger partial charge in [0.1, 0.15) is 0 Å². The SMILES string of the molecule is NCCCC(=O)Oc1cccc2c1Nc1ccccc1S2. The van der Waals surface area contributed by atoms with E-state index in [1.807, 2.05) is 30.3 Å². The number of hydrogen-bond donors (Lipinski definition) is 2. The molecule has 0 saturated carbocycles. The minimum atomic E-state index is -0.250. The van der Waals surface area contributed by atoms with Crippen LogP contribution in [-0.4, -0.2) is 12.5 Å². The third-order valence-electron chi connectivity index (χ3n) is 3.16. The molecule has 1 heterocycles. The molecule has 0 radical (unpaired) electrons. The molecule has 4 nitrogen and oxygen atoms in total. The number of ether oxygens (including phenoxy) is 1. The van der Waals surface area contributed by atoms with Gasteiger partial charge < -0.3 is 15.8 Å². The van der Waals surface area contributed by atoms with Crippen LogP contribution in [-0.2, 0) is 4.79 Å². The molecular formula is C16H16N2O2S. The average Bonchev–Trinajstić information content (AvgIpc) is 2.51. The second kappa shape index (κ2) is 6.20. The summed E-state index contributed by atoms with van der Waals surface area (Å²) in [5.41, 5.74) is 7.29. The maximum atomic E-state index is 11.8. The molecule has 0 saturated heterocycles. The third kappa shape index (κ3) is 3.04. The van der Waals surface area contributed by atoms with Crippen molar-refractivity contribution in [3.63, 3.8) is 0 Å². The summed E-state index contributed by atoms with van der Waals surface area (Å²) in [5, 5.41) is 3.35. The Hall–Kier alpha value is -1.98. The first kappa shape index (κ1) is 14.0. The van der Waals surface area contributed by atoms with Gasteiger partial charge in [0, 0.05) is 16.2 Å². The van der Waals surface area contributed by atoms with Crippen molar-refractivity contribution >= 4 is 29.1 Å². The topological polar surface area (TPSA) is 64.4 Å². The lowest BCUT2D eigenvalue weighted by Gasteiger charge is -2.22. The Morgan fingerprint density at radius 1 is 1.14 bits per heavy atom. The van der Waals surface area contributed by atoms with Crippen molar-refractivity contribution in [3.05, 3.63) is 42.5 Å². The first-order chi connectivity index (χ1) is 10.3. The number of carbonyl (C=O) groups excluding carboxylic acids is 1. The number of esters is 1. The first-order valence-electron chi connectivity index (χ1n) is 6.85. The number of hydrogen-bond acceptors (Lipinski definition) is 5. The molecule has 1 aliphatic rings. The molecule has 21 heavy (non-hydrogen) atoms. The van der Waals surface area contributed by atoms with Gasteiger partial charge >= 0.3 is 5.97 Å². The highest BCUT2D eigenvalue weighted by Gasteiger charge is 2.19. The number of rotatable bonds is 4. The van der Waals surface area contributed by atoms with Gasteiger partial charge in [-0.25, -0.2) is 0 Å². The van der Waals surface area contributed by atoms with Crippen LogP contribution in [0.5, 0.6) is 5.75 Å². The highest BCUT2D eigenvalue weighted by atomic mass is 32.2. The molecule has 0 aliphatic carbocycles. The number of nitrogens with two attached hydrogens (primary N) is 1. The maximum Gasteiger partial charge on any atom is 0.311 e. The van der Waals surface area contributed by atoms with Crippen molar-refractivity contribution in [2.75, 3.05) is 11.9 Å². The fourth-order valence-electron chi connectivity index (χ4n) is 2.14. The van der Waals surface area contributed by atoms with Crippen molar-refractivity contribution in [1.82, 2.24) is 0 Å². The minimum Gasteiger partial charge on any atom is -0.424 e. The molecule has 108 valence electrons. The van der Waals surface area contributed by atoms with Crippen LogP contribution in [0.1, 0.15) is 12.8 Å².